The molecule has 0 bridgehead atoms. The first-order valence-electron chi connectivity index (χ1n) is 17.2. The number of rotatable bonds is 23. The molecule has 1 nitrogen and oxygen atoms in total. The van der Waals surface area contributed by atoms with Crippen LogP contribution >= 0.6 is 0 Å². The normalized spacial score (nSPS) is 12.5. The van der Waals surface area contributed by atoms with Crippen molar-refractivity contribution in [3.05, 3.63) is 71.8 Å². The molecule has 0 aliphatic carbocycles. The topological polar surface area (TPSA) is 3.24 Å². The van der Waals surface area contributed by atoms with Gasteiger partial charge >= 0.3 is 0 Å². The molecule has 0 radical (unpaired) electrons. The van der Waals surface area contributed by atoms with E-state index in [2.05, 4.69) is 107 Å². The zero-order chi connectivity index (χ0) is 29.1. The SMILES string of the molecule is CCCCCCCCCCC(C)(C)N(C(c1ccccc1)c1ccccc1)C(C)(C)CCCCCCCCCC. The van der Waals surface area contributed by atoms with Crippen molar-refractivity contribution < 1.29 is 0 Å². The summed E-state index contributed by atoms with van der Waals surface area (Å²) in [4.78, 5) is 2.92. The van der Waals surface area contributed by atoms with E-state index in [4.69, 9.17) is 0 Å². The zero-order valence-corrected chi connectivity index (χ0v) is 27.5. The standard InChI is InChI=1S/C39H65N/c1-7-9-11-13-15-17-19-27-33-38(3,4)40(39(5,6)34-28-20-18-16-14-12-10-8-2)37(35-29-23-21-24-30-35)36-31-25-22-26-32-36/h21-26,29-32,37H,7-20,27-28,33-34H2,1-6H3. The molecular formula is C39H65N. The quantitative estimate of drug-likeness (QED) is 0.125. The first-order chi connectivity index (χ1) is 19.3. The maximum atomic E-state index is 2.92. The molecule has 2 aromatic carbocycles. The van der Waals surface area contributed by atoms with E-state index in [-0.39, 0.29) is 17.1 Å². The van der Waals surface area contributed by atoms with Crippen molar-refractivity contribution in [3.63, 3.8) is 0 Å². The third kappa shape index (κ3) is 12.5. The summed E-state index contributed by atoms with van der Waals surface area (Å²) in [7, 11) is 0. The van der Waals surface area contributed by atoms with Crippen LogP contribution in [0.15, 0.2) is 60.7 Å². The van der Waals surface area contributed by atoms with Gasteiger partial charge in [0.25, 0.3) is 0 Å². The Balaban J connectivity index is 2.19. The molecule has 226 valence electrons. The number of nitrogens with zero attached hydrogens (tertiary/aromatic N) is 1. The highest BCUT2D eigenvalue weighted by atomic mass is 15.3. The van der Waals surface area contributed by atoms with Crippen LogP contribution in [0.3, 0.4) is 0 Å². The number of benzene rings is 2. The van der Waals surface area contributed by atoms with Crippen molar-refractivity contribution in [3.8, 4) is 0 Å². The highest BCUT2D eigenvalue weighted by molar-refractivity contribution is 5.33. The van der Waals surface area contributed by atoms with Crippen LogP contribution in [-0.4, -0.2) is 16.0 Å². The van der Waals surface area contributed by atoms with Crippen LogP contribution in [0, 0.1) is 0 Å². The van der Waals surface area contributed by atoms with E-state index in [1.54, 1.807) is 0 Å². The van der Waals surface area contributed by atoms with Gasteiger partial charge in [-0.15, -0.1) is 0 Å². The summed E-state index contributed by atoms with van der Waals surface area (Å²) in [5.74, 6) is 0. The largest absolute Gasteiger partial charge is 0.282 e. The molecule has 1 heteroatoms. The molecule has 0 aliphatic heterocycles. The third-order valence-corrected chi connectivity index (χ3v) is 9.08. The van der Waals surface area contributed by atoms with Crippen molar-refractivity contribution >= 4 is 0 Å². The van der Waals surface area contributed by atoms with E-state index in [1.807, 2.05) is 0 Å². The van der Waals surface area contributed by atoms with E-state index in [0.717, 1.165) is 0 Å². The minimum atomic E-state index is 0.0994. The summed E-state index contributed by atoms with van der Waals surface area (Å²) in [5.41, 5.74) is 3.04. The molecule has 0 spiro atoms. The Morgan fingerprint density at radius 3 is 1.07 bits per heavy atom. The number of unbranched alkanes of at least 4 members (excludes halogenated alkanes) is 14. The van der Waals surface area contributed by atoms with Crippen LogP contribution in [0.4, 0.5) is 0 Å². The highest BCUT2D eigenvalue weighted by Gasteiger charge is 2.42. The van der Waals surface area contributed by atoms with Gasteiger partial charge in [-0.25, -0.2) is 0 Å². The summed E-state index contributed by atoms with van der Waals surface area (Å²) in [6, 6.07) is 22.9. The Labute approximate surface area is 250 Å². The molecule has 0 aromatic heterocycles. The van der Waals surface area contributed by atoms with Gasteiger partial charge in [-0.1, -0.05) is 177 Å². The van der Waals surface area contributed by atoms with Crippen molar-refractivity contribution in [2.75, 3.05) is 0 Å². The third-order valence-electron chi connectivity index (χ3n) is 9.08. The smallest absolute Gasteiger partial charge is 0.0611 e. The second kappa shape index (κ2) is 19.5. The molecule has 2 aromatic rings. The van der Waals surface area contributed by atoms with E-state index >= 15 is 0 Å². The van der Waals surface area contributed by atoms with E-state index in [1.165, 1.54) is 127 Å². The lowest BCUT2D eigenvalue weighted by Gasteiger charge is -2.53. The van der Waals surface area contributed by atoms with Crippen LogP contribution < -0.4 is 0 Å². The van der Waals surface area contributed by atoms with Gasteiger partial charge in [0.1, 0.15) is 0 Å². The van der Waals surface area contributed by atoms with Crippen LogP contribution in [0.1, 0.15) is 174 Å². The second-order valence-electron chi connectivity index (χ2n) is 13.7. The van der Waals surface area contributed by atoms with E-state index < -0.39 is 0 Å². The Kier molecular flexibility index (Phi) is 16.9. The lowest BCUT2D eigenvalue weighted by atomic mass is 9.81. The number of hydrogen-bond donors (Lipinski definition) is 0. The van der Waals surface area contributed by atoms with E-state index in [0.29, 0.717) is 0 Å². The lowest BCUT2D eigenvalue weighted by Crippen LogP contribution is -2.57. The van der Waals surface area contributed by atoms with Crippen molar-refractivity contribution in [1.29, 1.82) is 0 Å². The maximum Gasteiger partial charge on any atom is 0.0611 e. The minimum absolute atomic E-state index is 0.0994. The maximum absolute atomic E-state index is 2.92. The lowest BCUT2D eigenvalue weighted by molar-refractivity contribution is -0.0241. The molecular weight excluding hydrogens is 482 g/mol. The molecule has 0 unspecified atom stereocenters. The summed E-state index contributed by atoms with van der Waals surface area (Å²) in [5, 5.41) is 0. The summed E-state index contributed by atoms with van der Waals surface area (Å²) < 4.78 is 0. The summed E-state index contributed by atoms with van der Waals surface area (Å²) >= 11 is 0. The fourth-order valence-electron chi connectivity index (χ4n) is 6.90. The van der Waals surface area contributed by atoms with Gasteiger partial charge in [-0.05, 0) is 51.7 Å². The monoisotopic (exact) mass is 548 g/mol. The van der Waals surface area contributed by atoms with Crippen LogP contribution in [0.2, 0.25) is 0 Å². The van der Waals surface area contributed by atoms with Crippen LogP contribution in [0.25, 0.3) is 0 Å². The van der Waals surface area contributed by atoms with Gasteiger partial charge in [0.15, 0.2) is 0 Å². The van der Waals surface area contributed by atoms with Gasteiger partial charge in [-0.3, -0.25) is 4.90 Å². The fourth-order valence-corrected chi connectivity index (χ4v) is 6.90. The van der Waals surface area contributed by atoms with Gasteiger partial charge in [-0.2, -0.15) is 0 Å². The first-order valence-corrected chi connectivity index (χ1v) is 17.2. The molecule has 0 atom stereocenters. The van der Waals surface area contributed by atoms with E-state index in [9.17, 15) is 0 Å². The Morgan fingerprint density at radius 2 is 0.750 bits per heavy atom. The molecule has 0 saturated carbocycles. The van der Waals surface area contributed by atoms with Crippen LogP contribution in [0.5, 0.6) is 0 Å². The fraction of sp³-hybridized carbons (Fsp3) is 0.692. The molecule has 0 fully saturated rings. The summed E-state index contributed by atoms with van der Waals surface area (Å²) in [6.45, 7) is 14.7. The minimum Gasteiger partial charge on any atom is -0.282 e. The zero-order valence-electron chi connectivity index (χ0n) is 27.5. The average molecular weight is 548 g/mol. The highest BCUT2D eigenvalue weighted by Crippen LogP contribution is 2.43. The number of hydrogen-bond acceptors (Lipinski definition) is 1. The molecule has 0 N–H and O–H groups in total. The Hall–Kier alpha value is -1.60. The van der Waals surface area contributed by atoms with Crippen molar-refractivity contribution in [2.24, 2.45) is 0 Å². The Morgan fingerprint density at radius 1 is 0.450 bits per heavy atom. The molecule has 0 heterocycles. The average Bonchev–Trinajstić information content (AvgIpc) is 2.95. The predicted molar refractivity (Wildman–Crippen MR) is 179 cm³/mol. The van der Waals surface area contributed by atoms with Crippen molar-refractivity contribution in [2.45, 2.75) is 174 Å². The molecule has 40 heavy (non-hydrogen) atoms. The molecule has 0 aliphatic rings. The van der Waals surface area contributed by atoms with Gasteiger partial charge in [0.05, 0.1) is 6.04 Å². The van der Waals surface area contributed by atoms with Crippen molar-refractivity contribution in [1.82, 2.24) is 4.90 Å². The molecule has 0 amide bonds. The second-order valence-corrected chi connectivity index (χ2v) is 13.7. The predicted octanol–water partition coefficient (Wildman–Crippen LogP) is 12.7. The van der Waals surface area contributed by atoms with Gasteiger partial charge < -0.3 is 0 Å². The summed E-state index contributed by atoms with van der Waals surface area (Å²) in [6.07, 6.45) is 24.6. The van der Waals surface area contributed by atoms with Gasteiger partial charge in [0, 0.05) is 11.1 Å². The van der Waals surface area contributed by atoms with Crippen LogP contribution in [-0.2, 0) is 0 Å². The first kappa shape index (κ1) is 34.6. The molecule has 0 saturated heterocycles. The van der Waals surface area contributed by atoms with Gasteiger partial charge in [0.2, 0.25) is 0 Å². The molecule has 2 rings (SSSR count). The Bertz CT molecular complexity index is 781.